The molecule has 110 valence electrons. The number of nitrogens with one attached hydrogen (secondary N) is 1. The van der Waals surface area contributed by atoms with E-state index in [0.717, 1.165) is 0 Å². The molecule has 6 nitrogen and oxygen atoms in total. The fourth-order valence-electron chi connectivity index (χ4n) is 1.69. The molecule has 0 unspecified atom stereocenters. The third kappa shape index (κ3) is 3.35. The van der Waals surface area contributed by atoms with E-state index in [1.54, 1.807) is 25.3 Å². The molecule has 0 aliphatic heterocycles. The summed E-state index contributed by atoms with van der Waals surface area (Å²) in [6, 6.07) is 6.65. The van der Waals surface area contributed by atoms with Crippen molar-refractivity contribution in [2.45, 2.75) is 0 Å². The lowest BCUT2D eigenvalue weighted by Gasteiger charge is -2.11. The van der Waals surface area contributed by atoms with E-state index < -0.39 is 5.97 Å². The van der Waals surface area contributed by atoms with Crippen LogP contribution in [0.4, 0.5) is 17.2 Å². The molecule has 2 rings (SSSR count). The van der Waals surface area contributed by atoms with Crippen LogP contribution in [-0.4, -0.2) is 25.2 Å². The molecule has 1 heterocycles. The molecular weight excluding hydrogens is 294 g/mol. The number of nitrogens with two attached hydrogens (primary N) is 1. The molecule has 0 radical (unpaired) electrons. The van der Waals surface area contributed by atoms with Crippen LogP contribution < -0.4 is 15.8 Å². The zero-order valence-electron chi connectivity index (χ0n) is 11.5. The fraction of sp³-hybridized carbons (Fsp3) is 0.143. The van der Waals surface area contributed by atoms with Crippen molar-refractivity contribution in [1.82, 2.24) is 4.98 Å². The number of hydrogen-bond donors (Lipinski definition) is 2. The van der Waals surface area contributed by atoms with Crippen LogP contribution in [0.3, 0.4) is 0 Å². The Morgan fingerprint density at radius 3 is 2.76 bits per heavy atom. The minimum absolute atomic E-state index is 0.231. The van der Waals surface area contributed by atoms with Gasteiger partial charge in [-0.2, -0.15) is 0 Å². The maximum absolute atomic E-state index is 11.6. The van der Waals surface area contributed by atoms with Crippen molar-refractivity contribution in [3.8, 4) is 5.75 Å². The Hall–Kier alpha value is -2.47. The molecule has 0 aliphatic carbocycles. The number of carbonyl (C=O) groups is 1. The molecule has 0 amide bonds. The standard InChI is InChI=1S/C14H14ClN3O3/c1-20-8-3-4-10(15)12(5-8)18-13-6-9(14(19)21-2)11(16)7-17-13/h3-7H,16H2,1-2H3,(H,17,18). The van der Waals surface area contributed by atoms with Gasteiger partial charge in [0.1, 0.15) is 11.6 Å². The first-order chi connectivity index (χ1) is 10.0. The second-order valence-corrected chi connectivity index (χ2v) is 4.53. The van der Waals surface area contributed by atoms with Gasteiger partial charge in [0.2, 0.25) is 0 Å². The number of halogens is 1. The van der Waals surface area contributed by atoms with Gasteiger partial charge in [0, 0.05) is 6.07 Å². The largest absolute Gasteiger partial charge is 0.497 e. The number of esters is 1. The number of aromatic nitrogens is 1. The first kappa shape index (κ1) is 14.9. The Balaban J connectivity index is 2.34. The normalized spacial score (nSPS) is 10.0. The number of methoxy groups -OCH3 is 2. The van der Waals surface area contributed by atoms with Crippen LogP contribution in [0.5, 0.6) is 5.75 Å². The number of carbonyl (C=O) groups excluding carboxylic acids is 1. The maximum atomic E-state index is 11.6. The van der Waals surface area contributed by atoms with E-state index in [1.807, 2.05) is 0 Å². The zero-order valence-corrected chi connectivity index (χ0v) is 12.3. The van der Waals surface area contributed by atoms with Gasteiger partial charge in [0.25, 0.3) is 0 Å². The van der Waals surface area contributed by atoms with Gasteiger partial charge in [-0.25, -0.2) is 9.78 Å². The molecule has 0 aliphatic rings. The Morgan fingerprint density at radius 1 is 1.33 bits per heavy atom. The van der Waals surface area contributed by atoms with Crippen LogP contribution >= 0.6 is 11.6 Å². The van der Waals surface area contributed by atoms with Crippen LogP contribution in [0.25, 0.3) is 0 Å². The number of nitrogen functional groups attached to an aromatic ring is 1. The topological polar surface area (TPSA) is 86.5 Å². The van der Waals surface area contributed by atoms with Crippen molar-refractivity contribution in [3.05, 3.63) is 41.0 Å². The Labute approximate surface area is 126 Å². The second kappa shape index (κ2) is 6.32. The number of ether oxygens (including phenoxy) is 2. The van der Waals surface area contributed by atoms with Crippen LogP contribution in [0.1, 0.15) is 10.4 Å². The molecule has 0 atom stereocenters. The van der Waals surface area contributed by atoms with Crippen LogP contribution in [-0.2, 0) is 4.74 Å². The minimum Gasteiger partial charge on any atom is -0.497 e. The summed E-state index contributed by atoms with van der Waals surface area (Å²) in [5, 5.41) is 3.50. The number of benzene rings is 1. The smallest absolute Gasteiger partial charge is 0.340 e. The molecule has 2 aromatic rings. The first-order valence-electron chi connectivity index (χ1n) is 5.99. The van der Waals surface area contributed by atoms with Gasteiger partial charge in [-0.3, -0.25) is 0 Å². The highest BCUT2D eigenvalue weighted by atomic mass is 35.5. The molecule has 0 fully saturated rings. The van der Waals surface area contributed by atoms with E-state index in [-0.39, 0.29) is 11.3 Å². The van der Waals surface area contributed by atoms with E-state index in [4.69, 9.17) is 22.1 Å². The van der Waals surface area contributed by atoms with Gasteiger partial charge in [0.05, 0.1) is 42.4 Å². The molecule has 1 aromatic heterocycles. The van der Waals surface area contributed by atoms with Crippen LogP contribution in [0.2, 0.25) is 5.02 Å². The van der Waals surface area contributed by atoms with Gasteiger partial charge < -0.3 is 20.5 Å². The van der Waals surface area contributed by atoms with Gasteiger partial charge in [-0.1, -0.05) is 11.6 Å². The Morgan fingerprint density at radius 2 is 2.10 bits per heavy atom. The van der Waals surface area contributed by atoms with E-state index in [2.05, 4.69) is 15.0 Å². The van der Waals surface area contributed by atoms with Crippen molar-refractivity contribution in [2.75, 3.05) is 25.3 Å². The average Bonchev–Trinajstić information content (AvgIpc) is 2.50. The Bertz CT molecular complexity index is 677. The monoisotopic (exact) mass is 307 g/mol. The predicted molar refractivity (Wildman–Crippen MR) is 81.3 cm³/mol. The summed E-state index contributed by atoms with van der Waals surface area (Å²) < 4.78 is 9.79. The number of hydrogen-bond acceptors (Lipinski definition) is 6. The first-order valence-corrected chi connectivity index (χ1v) is 6.37. The molecule has 7 heteroatoms. The van der Waals surface area contributed by atoms with E-state index in [1.165, 1.54) is 19.4 Å². The quantitative estimate of drug-likeness (QED) is 0.845. The van der Waals surface area contributed by atoms with Gasteiger partial charge >= 0.3 is 5.97 Å². The summed E-state index contributed by atoms with van der Waals surface area (Å²) in [6.45, 7) is 0. The molecule has 0 saturated heterocycles. The molecule has 0 spiro atoms. The van der Waals surface area contributed by atoms with E-state index in [0.29, 0.717) is 22.3 Å². The van der Waals surface area contributed by atoms with Gasteiger partial charge in [-0.05, 0) is 18.2 Å². The number of pyridine rings is 1. The van der Waals surface area contributed by atoms with Crippen LogP contribution in [0.15, 0.2) is 30.5 Å². The summed E-state index contributed by atoms with van der Waals surface area (Å²) in [6.07, 6.45) is 1.38. The summed E-state index contributed by atoms with van der Waals surface area (Å²) in [5.41, 5.74) is 6.77. The SMILES string of the molecule is COC(=O)c1cc(Nc2cc(OC)ccc2Cl)ncc1N. The lowest BCUT2D eigenvalue weighted by Crippen LogP contribution is -2.07. The second-order valence-electron chi connectivity index (χ2n) is 4.12. The highest BCUT2D eigenvalue weighted by molar-refractivity contribution is 6.33. The van der Waals surface area contributed by atoms with Crippen LogP contribution in [0, 0.1) is 0 Å². The maximum Gasteiger partial charge on any atom is 0.340 e. The number of rotatable bonds is 4. The summed E-state index contributed by atoms with van der Waals surface area (Å²) in [4.78, 5) is 15.7. The van der Waals surface area contributed by atoms with Crippen molar-refractivity contribution in [1.29, 1.82) is 0 Å². The summed E-state index contributed by atoms with van der Waals surface area (Å²) in [7, 11) is 2.85. The third-order valence-electron chi connectivity index (χ3n) is 2.78. The fourth-order valence-corrected chi connectivity index (χ4v) is 1.85. The minimum atomic E-state index is -0.533. The molecule has 1 aromatic carbocycles. The van der Waals surface area contributed by atoms with Gasteiger partial charge in [0.15, 0.2) is 0 Å². The lowest BCUT2D eigenvalue weighted by molar-refractivity contribution is 0.0602. The third-order valence-corrected chi connectivity index (χ3v) is 3.11. The molecule has 21 heavy (non-hydrogen) atoms. The van der Waals surface area contributed by atoms with Gasteiger partial charge in [-0.15, -0.1) is 0 Å². The Kier molecular flexibility index (Phi) is 4.49. The highest BCUT2D eigenvalue weighted by Gasteiger charge is 2.12. The van der Waals surface area contributed by atoms with E-state index in [9.17, 15) is 4.79 Å². The molecule has 0 saturated carbocycles. The zero-order chi connectivity index (χ0) is 15.4. The molecular formula is C14H14ClN3O3. The molecule has 3 N–H and O–H groups in total. The summed E-state index contributed by atoms with van der Waals surface area (Å²) in [5.74, 6) is 0.528. The van der Waals surface area contributed by atoms with Crippen molar-refractivity contribution < 1.29 is 14.3 Å². The predicted octanol–water partition coefficient (Wildman–Crippen LogP) is 2.86. The lowest BCUT2D eigenvalue weighted by atomic mass is 10.2. The van der Waals surface area contributed by atoms with Crippen molar-refractivity contribution in [2.24, 2.45) is 0 Å². The number of nitrogens with zero attached hydrogens (tertiary/aromatic N) is 1. The van der Waals surface area contributed by atoms with Crippen molar-refractivity contribution >= 4 is 34.8 Å². The molecule has 0 bridgehead atoms. The highest BCUT2D eigenvalue weighted by Crippen LogP contribution is 2.29. The van der Waals surface area contributed by atoms with E-state index >= 15 is 0 Å². The number of anilines is 3. The summed E-state index contributed by atoms with van der Waals surface area (Å²) >= 11 is 6.10. The van der Waals surface area contributed by atoms with Crippen molar-refractivity contribution in [3.63, 3.8) is 0 Å². The average molecular weight is 308 g/mol.